The summed E-state index contributed by atoms with van der Waals surface area (Å²) in [6, 6.07) is 6.73. The van der Waals surface area contributed by atoms with Gasteiger partial charge in [0.25, 0.3) is 0 Å². The van der Waals surface area contributed by atoms with Gasteiger partial charge in [0.1, 0.15) is 0 Å². The zero-order valence-corrected chi connectivity index (χ0v) is 12.5. The molecule has 0 bridgehead atoms. The van der Waals surface area contributed by atoms with Crippen molar-refractivity contribution < 1.29 is 9.90 Å². The Hall–Kier alpha value is -1.49. The minimum atomic E-state index is -0.799. The van der Waals surface area contributed by atoms with Crippen LogP contribution in [-0.4, -0.2) is 26.4 Å². The first-order valence-electron chi connectivity index (χ1n) is 6.88. The van der Waals surface area contributed by atoms with E-state index in [0.717, 1.165) is 34.9 Å². The summed E-state index contributed by atoms with van der Waals surface area (Å²) >= 11 is 1.32. The second-order valence-electron chi connectivity index (χ2n) is 5.67. The van der Waals surface area contributed by atoms with Gasteiger partial charge in [0.05, 0.1) is 16.8 Å². The quantitative estimate of drug-likeness (QED) is 0.876. The fourth-order valence-electron chi connectivity index (χ4n) is 2.84. The summed E-state index contributed by atoms with van der Waals surface area (Å²) in [4.78, 5) is 15.4. The average molecular weight is 290 g/mol. The van der Waals surface area contributed by atoms with Crippen LogP contribution in [0, 0.1) is 12.8 Å². The monoisotopic (exact) mass is 290 g/mol. The van der Waals surface area contributed by atoms with Gasteiger partial charge in [0.2, 0.25) is 0 Å². The number of hydrogen-bond acceptors (Lipinski definition) is 3. The van der Waals surface area contributed by atoms with E-state index in [4.69, 9.17) is 5.11 Å². The van der Waals surface area contributed by atoms with Crippen molar-refractivity contribution in [1.29, 1.82) is 0 Å². The van der Waals surface area contributed by atoms with E-state index in [1.54, 1.807) is 0 Å². The van der Waals surface area contributed by atoms with E-state index in [-0.39, 0.29) is 5.75 Å². The maximum absolute atomic E-state index is 10.8. The second-order valence-corrected chi connectivity index (χ2v) is 6.61. The van der Waals surface area contributed by atoms with E-state index in [0.29, 0.717) is 6.04 Å². The lowest BCUT2D eigenvalue weighted by atomic mass is 9.81. The van der Waals surface area contributed by atoms with Crippen LogP contribution in [0.4, 0.5) is 0 Å². The van der Waals surface area contributed by atoms with E-state index in [1.165, 1.54) is 17.3 Å². The Balaban J connectivity index is 2.02. The average Bonchev–Trinajstić information content (AvgIpc) is 2.69. The molecule has 0 radical (unpaired) electrons. The minimum Gasteiger partial charge on any atom is -0.481 e. The summed E-state index contributed by atoms with van der Waals surface area (Å²) < 4.78 is 2.24. The van der Waals surface area contributed by atoms with Crippen molar-refractivity contribution in [3.8, 4) is 0 Å². The molecule has 1 aromatic carbocycles. The molecule has 0 saturated heterocycles. The van der Waals surface area contributed by atoms with E-state index >= 15 is 0 Å². The van der Waals surface area contributed by atoms with E-state index in [1.807, 2.05) is 6.92 Å². The summed E-state index contributed by atoms with van der Waals surface area (Å²) in [5.74, 6) is 0.0110. The number of aromatic nitrogens is 2. The van der Waals surface area contributed by atoms with Gasteiger partial charge < -0.3 is 9.67 Å². The predicted molar refractivity (Wildman–Crippen MR) is 80.3 cm³/mol. The standard InChI is InChI=1S/C15H18N2O2S/c1-9-3-4-13-12(7-9)16-15(20-8-14(18)19)17(13)11-5-10(2)6-11/h3-4,7,10-11H,5-6,8H2,1-2H3,(H,18,19). The highest BCUT2D eigenvalue weighted by Gasteiger charge is 2.30. The zero-order chi connectivity index (χ0) is 14.3. The molecular formula is C15H18N2O2S. The molecule has 106 valence electrons. The summed E-state index contributed by atoms with van der Waals surface area (Å²) in [5.41, 5.74) is 3.27. The Morgan fingerprint density at radius 2 is 2.25 bits per heavy atom. The molecule has 0 spiro atoms. The highest BCUT2D eigenvalue weighted by molar-refractivity contribution is 7.99. The first-order valence-corrected chi connectivity index (χ1v) is 7.86. The predicted octanol–water partition coefficient (Wildman–Crippen LogP) is 3.49. The molecule has 1 aliphatic carbocycles. The fraction of sp³-hybridized carbons (Fsp3) is 0.467. The molecule has 1 aliphatic rings. The molecule has 0 unspecified atom stereocenters. The number of hydrogen-bond donors (Lipinski definition) is 1. The van der Waals surface area contributed by atoms with E-state index < -0.39 is 5.97 Å². The van der Waals surface area contributed by atoms with Crippen LogP contribution in [0.5, 0.6) is 0 Å². The number of carboxylic acids is 1. The summed E-state index contributed by atoms with van der Waals surface area (Å²) in [7, 11) is 0. The zero-order valence-electron chi connectivity index (χ0n) is 11.7. The van der Waals surface area contributed by atoms with Gasteiger partial charge in [0, 0.05) is 6.04 Å². The van der Waals surface area contributed by atoms with Crippen LogP contribution in [-0.2, 0) is 4.79 Å². The third-order valence-corrected chi connectivity index (χ3v) is 4.79. The number of aliphatic carboxylic acids is 1. The fourth-order valence-corrected chi connectivity index (χ4v) is 3.64. The number of nitrogens with zero attached hydrogens (tertiary/aromatic N) is 2. The Kier molecular flexibility index (Phi) is 3.46. The van der Waals surface area contributed by atoms with Crippen LogP contribution in [0.15, 0.2) is 23.4 Å². The molecule has 1 saturated carbocycles. The van der Waals surface area contributed by atoms with Gasteiger partial charge in [-0.2, -0.15) is 0 Å². The highest BCUT2D eigenvalue weighted by Crippen LogP contribution is 2.41. The van der Waals surface area contributed by atoms with Crippen LogP contribution in [0.25, 0.3) is 11.0 Å². The number of rotatable bonds is 4. The largest absolute Gasteiger partial charge is 0.481 e. The van der Waals surface area contributed by atoms with Crippen molar-refractivity contribution >= 4 is 28.8 Å². The van der Waals surface area contributed by atoms with Gasteiger partial charge in [-0.25, -0.2) is 4.98 Å². The number of benzene rings is 1. The molecule has 0 aliphatic heterocycles. The molecule has 1 heterocycles. The molecule has 20 heavy (non-hydrogen) atoms. The minimum absolute atomic E-state index is 0.0601. The van der Waals surface area contributed by atoms with Crippen molar-refractivity contribution in [2.45, 2.75) is 37.9 Å². The van der Waals surface area contributed by atoms with Crippen molar-refractivity contribution in [2.75, 3.05) is 5.75 Å². The van der Waals surface area contributed by atoms with Crippen molar-refractivity contribution in [3.05, 3.63) is 23.8 Å². The van der Waals surface area contributed by atoms with Gasteiger partial charge in [-0.05, 0) is 43.4 Å². The molecule has 1 N–H and O–H groups in total. The Labute approximate surface area is 122 Å². The maximum atomic E-state index is 10.8. The SMILES string of the molecule is Cc1ccc2c(c1)nc(SCC(=O)O)n2C1CC(C)C1. The summed E-state index contributed by atoms with van der Waals surface area (Å²) in [6.07, 6.45) is 2.31. The molecule has 2 aromatic rings. The second kappa shape index (κ2) is 5.13. The van der Waals surface area contributed by atoms with Crippen molar-refractivity contribution in [3.63, 3.8) is 0 Å². The summed E-state index contributed by atoms with van der Waals surface area (Å²) in [6.45, 7) is 4.30. The number of fused-ring (bicyclic) bond motifs is 1. The number of aryl methyl sites for hydroxylation is 1. The van der Waals surface area contributed by atoms with Crippen LogP contribution < -0.4 is 0 Å². The molecule has 3 rings (SSSR count). The Morgan fingerprint density at radius 1 is 1.50 bits per heavy atom. The van der Waals surface area contributed by atoms with Crippen molar-refractivity contribution in [1.82, 2.24) is 9.55 Å². The third-order valence-electron chi connectivity index (χ3n) is 3.85. The normalized spacial score (nSPS) is 21.9. The van der Waals surface area contributed by atoms with Crippen LogP contribution in [0.2, 0.25) is 0 Å². The van der Waals surface area contributed by atoms with Gasteiger partial charge in [-0.15, -0.1) is 0 Å². The summed E-state index contributed by atoms with van der Waals surface area (Å²) in [5, 5.41) is 9.72. The number of thioether (sulfide) groups is 1. The number of carboxylic acid groups (broad SMARTS) is 1. The molecule has 0 amide bonds. The lowest BCUT2D eigenvalue weighted by Gasteiger charge is -2.35. The number of carbonyl (C=O) groups is 1. The van der Waals surface area contributed by atoms with E-state index in [9.17, 15) is 4.79 Å². The first kappa shape index (κ1) is 13.5. The highest BCUT2D eigenvalue weighted by atomic mass is 32.2. The van der Waals surface area contributed by atoms with Gasteiger partial charge in [-0.3, -0.25) is 4.79 Å². The van der Waals surface area contributed by atoms with Crippen molar-refractivity contribution in [2.24, 2.45) is 5.92 Å². The van der Waals surface area contributed by atoms with Crippen LogP contribution >= 0.6 is 11.8 Å². The molecular weight excluding hydrogens is 272 g/mol. The van der Waals surface area contributed by atoms with Crippen LogP contribution in [0.1, 0.15) is 31.4 Å². The molecule has 5 heteroatoms. The Morgan fingerprint density at radius 3 is 2.90 bits per heavy atom. The molecule has 4 nitrogen and oxygen atoms in total. The van der Waals surface area contributed by atoms with Gasteiger partial charge in [-0.1, -0.05) is 24.8 Å². The topological polar surface area (TPSA) is 55.1 Å². The van der Waals surface area contributed by atoms with Gasteiger partial charge >= 0.3 is 5.97 Å². The number of imidazole rings is 1. The smallest absolute Gasteiger partial charge is 0.313 e. The molecule has 1 aromatic heterocycles. The lowest BCUT2D eigenvalue weighted by Crippen LogP contribution is -2.25. The molecule has 0 atom stereocenters. The maximum Gasteiger partial charge on any atom is 0.313 e. The van der Waals surface area contributed by atoms with Gasteiger partial charge in [0.15, 0.2) is 5.16 Å². The van der Waals surface area contributed by atoms with Crippen LogP contribution in [0.3, 0.4) is 0 Å². The third kappa shape index (κ3) is 2.42. The molecule has 1 fully saturated rings. The first-order chi connectivity index (χ1) is 9.54. The van der Waals surface area contributed by atoms with E-state index in [2.05, 4.69) is 34.7 Å². The lowest BCUT2D eigenvalue weighted by molar-refractivity contribution is -0.133. The Bertz CT molecular complexity index is 659.